The van der Waals surface area contributed by atoms with Crippen molar-refractivity contribution in [2.45, 2.75) is 17.9 Å². The molecule has 2 nitrogen and oxygen atoms in total. The summed E-state index contributed by atoms with van der Waals surface area (Å²) in [4.78, 5) is 12.8. The summed E-state index contributed by atoms with van der Waals surface area (Å²) in [7, 11) is 0. The van der Waals surface area contributed by atoms with E-state index in [0.29, 0.717) is 15.8 Å². The minimum absolute atomic E-state index is 0.0193. The van der Waals surface area contributed by atoms with E-state index >= 15 is 0 Å². The van der Waals surface area contributed by atoms with Gasteiger partial charge in [-0.25, -0.2) is 0 Å². The Balaban J connectivity index is 1.89. The lowest BCUT2D eigenvalue weighted by molar-refractivity contribution is -0.119. The van der Waals surface area contributed by atoms with Gasteiger partial charge in [0.2, 0.25) is 5.91 Å². The average molecular weight is 340 g/mol. The molecule has 5 heteroatoms. The molecule has 0 radical (unpaired) electrons. The monoisotopic (exact) mass is 339 g/mol. The predicted octanol–water partition coefficient (Wildman–Crippen LogP) is 4.96. The number of carbonyl (C=O) groups is 1. The summed E-state index contributed by atoms with van der Waals surface area (Å²) in [5.41, 5.74) is 1.08. The van der Waals surface area contributed by atoms with Crippen LogP contribution in [0.4, 0.5) is 0 Å². The SMILES string of the molecule is CC(NC(=O)CSc1cc(Cl)ccc1Cl)c1ccccc1. The maximum Gasteiger partial charge on any atom is 0.230 e. The number of hydrogen-bond acceptors (Lipinski definition) is 2. The fraction of sp³-hybridized carbons (Fsp3) is 0.188. The van der Waals surface area contributed by atoms with E-state index in [4.69, 9.17) is 23.2 Å². The van der Waals surface area contributed by atoms with Gasteiger partial charge in [-0.15, -0.1) is 11.8 Å². The lowest BCUT2D eigenvalue weighted by atomic mass is 10.1. The third-order valence-corrected chi connectivity index (χ3v) is 4.66. The molecule has 1 unspecified atom stereocenters. The molecular formula is C16H15Cl2NOS. The summed E-state index contributed by atoms with van der Waals surface area (Å²) in [5.74, 6) is 0.268. The Hall–Kier alpha value is -1.16. The van der Waals surface area contributed by atoms with E-state index in [0.717, 1.165) is 10.5 Å². The van der Waals surface area contributed by atoms with Crippen molar-refractivity contribution in [1.29, 1.82) is 0 Å². The maximum atomic E-state index is 12.0. The smallest absolute Gasteiger partial charge is 0.230 e. The summed E-state index contributed by atoms with van der Waals surface area (Å²) in [6.45, 7) is 1.96. The molecule has 0 saturated carbocycles. The van der Waals surface area contributed by atoms with Crippen LogP contribution < -0.4 is 5.32 Å². The molecule has 0 aliphatic carbocycles. The van der Waals surface area contributed by atoms with Gasteiger partial charge in [-0.2, -0.15) is 0 Å². The van der Waals surface area contributed by atoms with E-state index in [-0.39, 0.29) is 11.9 Å². The number of benzene rings is 2. The maximum absolute atomic E-state index is 12.0. The normalized spacial score (nSPS) is 12.0. The third kappa shape index (κ3) is 4.95. The first-order valence-electron chi connectivity index (χ1n) is 6.48. The zero-order chi connectivity index (χ0) is 15.2. The summed E-state index contributed by atoms with van der Waals surface area (Å²) in [6, 6.07) is 15.1. The lowest BCUT2D eigenvalue weighted by Gasteiger charge is -2.14. The Bertz CT molecular complexity index is 619. The molecule has 0 spiro atoms. The molecule has 0 aliphatic rings. The molecule has 0 saturated heterocycles. The fourth-order valence-corrected chi connectivity index (χ4v) is 3.14. The first kappa shape index (κ1) is 16.2. The minimum atomic E-state index is -0.0348. The van der Waals surface area contributed by atoms with E-state index in [2.05, 4.69) is 5.32 Å². The van der Waals surface area contributed by atoms with Gasteiger partial charge in [0.15, 0.2) is 0 Å². The molecule has 2 rings (SSSR count). The standard InChI is InChI=1S/C16H15Cl2NOS/c1-11(12-5-3-2-4-6-12)19-16(20)10-21-15-9-13(17)7-8-14(15)18/h2-9,11H,10H2,1H3,(H,19,20). The third-order valence-electron chi connectivity index (χ3n) is 2.93. The molecule has 0 aromatic heterocycles. The van der Waals surface area contributed by atoms with Crippen LogP contribution in [0.1, 0.15) is 18.5 Å². The van der Waals surface area contributed by atoms with E-state index in [1.807, 2.05) is 37.3 Å². The predicted molar refractivity (Wildman–Crippen MR) is 90.2 cm³/mol. The molecule has 110 valence electrons. The number of halogens is 2. The van der Waals surface area contributed by atoms with Gasteiger partial charge in [0.25, 0.3) is 0 Å². The minimum Gasteiger partial charge on any atom is -0.349 e. The van der Waals surface area contributed by atoms with Crippen molar-refractivity contribution in [2.75, 3.05) is 5.75 Å². The second-order valence-electron chi connectivity index (χ2n) is 4.56. The summed E-state index contributed by atoms with van der Waals surface area (Å²) in [5, 5.41) is 4.18. The highest BCUT2D eigenvalue weighted by Gasteiger charge is 2.10. The van der Waals surface area contributed by atoms with Crippen molar-refractivity contribution in [3.8, 4) is 0 Å². The number of nitrogens with one attached hydrogen (secondary N) is 1. The molecule has 0 bridgehead atoms. The average Bonchev–Trinajstić information content (AvgIpc) is 2.49. The van der Waals surface area contributed by atoms with E-state index in [1.54, 1.807) is 18.2 Å². The molecule has 2 aromatic carbocycles. The number of hydrogen-bond donors (Lipinski definition) is 1. The number of rotatable bonds is 5. The summed E-state index contributed by atoms with van der Waals surface area (Å²) >= 11 is 13.4. The van der Waals surface area contributed by atoms with Crippen molar-refractivity contribution in [3.63, 3.8) is 0 Å². The molecular weight excluding hydrogens is 325 g/mol. The molecule has 1 amide bonds. The second kappa shape index (κ2) is 7.74. The van der Waals surface area contributed by atoms with Crippen LogP contribution in [0.2, 0.25) is 10.0 Å². The molecule has 2 aromatic rings. The zero-order valence-corrected chi connectivity index (χ0v) is 13.8. The Morgan fingerprint density at radius 3 is 2.62 bits per heavy atom. The van der Waals surface area contributed by atoms with Gasteiger partial charge in [-0.1, -0.05) is 53.5 Å². The highest BCUT2D eigenvalue weighted by molar-refractivity contribution is 8.00. The largest absolute Gasteiger partial charge is 0.349 e. The van der Waals surface area contributed by atoms with Crippen molar-refractivity contribution >= 4 is 40.9 Å². The van der Waals surface area contributed by atoms with Gasteiger partial charge in [0.05, 0.1) is 16.8 Å². The molecule has 0 aliphatic heterocycles. The number of thioether (sulfide) groups is 1. The van der Waals surface area contributed by atoms with Crippen LogP contribution in [-0.2, 0) is 4.79 Å². The van der Waals surface area contributed by atoms with E-state index < -0.39 is 0 Å². The Kier molecular flexibility index (Phi) is 5.97. The van der Waals surface area contributed by atoms with Crippen molar-refractivity contribution < 1.29 is 4.79 Å². The Morgan fingerprint density at radius 1 is 1.19 bits per heavy atom. The van der Waals surface area contributed by atoms with Crippen molar-refractivity contribution in [3.05, 3.63) is 64.1 Å². The van der Waals surface area contributed by atoms with Crippen LogP contribution in [0.5, 0.6) is 0 Å². The second-order valence-corrected chi connectivity index (χ2v) is 6.42. The summed E-state index contributed by atoms with van der Waals surface area (Å²) < 4.78 is 0. The first-order chi connectivity index (χ1) is 10.1. The molecule has 1 N–H and O–H groups in total. The van der Waals surface area contributed by atoms with E-state index in [9.17, 15) is 4.79 Å². The van der Waals surface area contributed by atoms with Gasteiger partial charge in [0.1, 0.15) is 0 Å². The van der Waals surface area contributed by atoms with Crippen LogP contribution in [0.25, 0.3) is 0 Å². The summed E-state index contributed by atoms with van der Waals surface area (Å²) in [6.07, 6.45) is 0. The topological polar surface area (TPSA) is 29.1 Å². The van der Waals surface area contributed by atoms with Gasteiger partial charge in [-0.3, -0.25) is 4.79 Å². The number of amides is 1. The highest BCUT2D eigenvalue weighted by atomic mass is 35.5. The van der Waals surface area contributed by atoms with Gasteiger partial charge in [0, 0.05) is 9.92 Å². The number of carbonyl (C=O) groups excluding carboxylic acids is 1. The van der Waals surface area contributed by atoms with Crippen LogP contribution in [0.15, 0.2) is 53.4 Å². The van der Waals surface area contributed by atoms with Gasteiger partial charge < -0.3 is 5.32 Å². The van der Waals surface area contributed by atoms with Crippen molar-refractivity contribution in [2.24, 2.45) is 0 Å². The Morgan fingerprint density at radius 2 is 1.90 bits per heavy atom. The van der Waals surface area contributed by atoms with Crippen LogP contribution in [0, 0.1) is 0 Å². The molecule has 0 heterocycles. The van der Waals surface area contributed by atoms with E-state index in [1.165, 1.54) is 11.8 Å². The Labute approximate surface area is 138 Å². The lowest BCUT2D eigenvalue weighted by Crippen LogP contribution is -2.28. The molecule has 1 atom stereocenters. The molecule has 21 heavy (non-hydrogen) atoms. The quantitative estimate of drug-likeness (QED) is 0.779. The fourth-order valence-electron chi connectivity index (χ4n) is 1.84. The highest BCUT2D eigenvalue weighted by Crippen LogP contribution is 2.29. The van der Waals surface area contributed by atoms with Crippen molar-refractivity contribution in [1.82, 2.24) is 5.32 Å². The molecule has 0 fully saturated rings. The van der Waals surface area contributed by atoms with Crippen LogP contribution in [-0.4, -0.2) is 11.7 Å². The van der Waals surface area contributed by atoms with Gasteiger partial charge >= 0.3 is 0 Å². The zero-order valence-electron chi connectivity index (χ0n) is 11.5. The first-order valence-corrected chi connectivity index (χ1v) is 8.22. The van der Waals surface area contributed by atoms with Gasteiger partial charge in [-0.05, 0) is 30.7 Å². The van der Waals surface area contributed by atoms with Crippen LogP contribution >= 0.6 is 35.0 Å². The van der Waals surface area contributed by atoms with Crippen LogP contribution in [0.3, 0.4) is 0 Å².